The van der Waals surface area contributed by atoms with Crippen LogP contribution in [0.4, 0.5) is 0 Å². The molecule has 0 aliphatic carbocycles. The second-order valence-corrected chi connectivity index (χ2v) is 10.2. The van der Waals surface area contributed by atoms with Crippen LogP contribution in [0.2, 0.25) is 0 Å². The summed E-state index contributed by atoms with van der Waals surface area (Å²) < 4.78 is 0. The molecule has 0 aromatic heterocycles. The fourth-order valence-electron chi connectivity index (χ4n) is 3.79. The van der Waals surface area contributed by atoms with E-state index in [4.69, 9.17) is 0 Å². The van der Waals surface area contributed by atoms with Crippen LogP contribution in [0, 0.1) is 5.41 Å². The van der Waals surface area contributed by atoms with Gasteiger partial charge in [-0.3, -0.25) is 4.90 Å². The van der Waals surface area contributed by atoms with E-state index >= 15 is 0 Å². The summed E-state index contributed by atoms with van der Waals surface area (Å²) in [5.74, 6) is 0. The average Bonchev–Trinajstić information content (AvgIpc) is 2.17. The fourth-order valence-corrected chi connectivity index (χ4v) is 3.79. The summed E-state index contributed by atoms with van der Waals surface area (Å²) in [4.78, 5) is 5.21. The van der Waals surface area contributed by atoms with Crippen molar-refractivity contribution in [2.75, 3.05) is 13.1 Å². The quantitative estimate of drug-likeness (QED) is 0.626. The maximum Gasteiger partial charge on any atom is 0.0360 e. The average molecular weight is 295 g/mol. The van der Waals surface area contributed by atoms with E-state index in [1.54, 1.807) is 0 Å². The second kappa shape index (κ2) is 5.30. The van der Waals surface area contributed by atoms with E-state index in [1.165, 1.54) is 5.70 Å². The van der Waals surface area contributed by atoms with Gasteiger partial charge in [-0.15, -0.1) is 0 Å². The van der Waals surface area contributed by atoms with E-state index in [1.807, 2.05) is 0 Å². The van der Waals surface area contributed by atoms with Crippen LogP contribution in [-0.2, 0) is 0 Å². The van der Waals surface area contributed by atoms with Crippen molar-refractivity contribution < 1.29 is 0 Å². The van der Waals surface area contributed by atoms with E-state index in [0.29, 0.717) is 0 Å². The molecule has 0 radical (unpaired) electrons. The molecule has 0 saturated carbocycles. The molecule has 1 rings (SSSR count). The molecule has 1 saturated heterocycles. The lowest BCUT2D eigenvalue weighted by Gasteiger charge is -2.56. The van der Waals surface area contributed by atoms with Gasteiger partial charge in [-0.05, 0) is 67.2 Å². The lowest BCUT2D eigenvalue weighted by atomic mass is 9.80. The first kappa shape index (κ1) is 18.5. The van der Waals surface area contributed by atoms with E-state index < -0.39 is 0 Å². The minimum atomic E-state index is 0.116. The third-order valence-corrected chi connectivity index (χ3v) is 4.55. The van der Waals surface area contributed by atoms with Crippen LogP contribution in [0.3, 0.4) is 0 Å². The lowest BCUT2D eigenvalue weighted by Crippen LogP contribution is -2.64. The molecule has 21 heavy (non-hydrogen) atoms. The molecule has 2 heteroatoms. The minimum absolute atomic E-state index is 0.116. The molecule has 0 unspecified atom stereocenters. The van der Waals surface area contributed by atoms with Gasteiger partial charge in [0, 0.05) is 35.4 Å². The van der Waals surface area contributed by atoms with Crippen LogP contribution in [-0.4, -0.2) is 39.5 Å². The summed E-state index contributed by atoms with van der Waals surface area (Å²) in [7, 11) is 0. The summed E-state index contributed by atoms with van der Waals surface area (Å²) in [5, 5.41) is 0. The van der Waals surface area contributed by atoms with Gasteiger partial charge >= 0.3 is 0 Å². The highest BCUT2D eigenvalue weighted by Crippen LogP contribution is 2.39. The van der Waals surface area contributed by atoms with Crippen LogP contribution >= 0.6 is 0 Å². The predicted molar refractivity (Wildman–Crippen MR) is 94.5 cm³/mol. The molecule has 0 atom stereocenters. The SMILES string of the molecule is C=C1CC(C)(C)CN(C(C)(C)C)C(C)(C)CN1C(C)(C)C. The molecule has 2 nitrogen and oxygen atoms in total. The Morgan fingerprint density at radius 2 is 1.33 bits per heavy atom. The molecule has 1 heterocycles. The molecular formula is C19H38N2. The normalized spacial score (nSPS) is 24.7. The summed E-state index contributed by atoms with van der Waals surface area (Å²) in [5.41, 5.74) is 1.93. The van der Waals surface area contributed by atoms with Crippen molar-refractivity contribution in [3.63, 3.8) is 0 Å². The highest BCUT2D eigenvalue weighted by Gasteiger charge is 2.43. The Balaban J connectivity index is 3.30. The largest absolute Gasteiger partial charge is 0.369 e. The molecule has 1 aliphatic rings. The van der Waals surface area contributed by atoms with Crippen molar-refractivity contribution in [2.45, 2.75) is 92.3 Å². The monoisotopic (exact) mass is 294 g/mol. The third kappa shape index (κ3) is 4.48. The first-order valence-corrected chi connectivity index (χ1v) is 8.29. The lowest BCUT2D eigenvalue weighted by molar-refractivity contribution is -0.0460. The van der Waals surface area contributed by atoms with Gasteiger partial charge in [-0.25, -0.2) is 0 Å². The van der Waals surface area contributed by atoms with E-state index in [2.05, 4.69) is 85.6 Å². The molecule has 0 N–H and O–H groups in total. The number of hydrogen-bond acceptors (Lipinski definition) is 2. The highest BCUT2D eigenvalue weighted by molar-refractivity contribution is 5.09. The molecular weight excluding hydrogens is 256 g/mol. The first-order chi connectivity index (χ1) is 9.06. The Hall–Kier alpha value is -0.500. The van der Waals surface area contributed by atoms with Gasteiger partial charge in [0.1, 0.15) is 0 Å². The van der Waals surface area contributed by atoms with Gasteiger partial charge in [0.15, 0.2) is 0 Å². The summed E-state index contributed by atoms with van der Waals surface area (Å²) in [6.45, 7) is 30.0. The van der Waals surface area contributed by atoms with Crippen molar-refractivity contribution in [1.82, 2.24) is 9.80 Å². The molecule has 124 valence electrons. The van der Waals surface area contributed by atoms with Crippen LogP contribution in [0.25, 0.3) is 0 Å². The van der Waals surface area contributed by atoms with Crippen molar-refractivity contribution in [3.05, 3.63) is 12.3 Å². The Morgan fingerprint density at radius 3 is 1.71 bits per heavy atom. The Labute approximate surface area is 133 Å². The van der Waals surface area contributed by atoms with Gasteiger partial charge in [0.25, 0.3) is 0 Å². The number of hydrogen-bond donors (Lipinski definition) is 0. The van der Waals surface area contributed by atoms with Crippen molar-refractivity contribution in [3.8, 4) is 0 Å². The maximum atomic E-state index is 4.42. The van der Waals surface area contributed by atoms with Gasteiger partial charge in [-0.2, -0.15) is 0 Å². The fraction of sp³-hybridized carbons (Fsp3) is 0.895. The van der Waals surface area contributed by atoms with Gasteiger partial charge < -0.3 is 4.90 Å². The molecule has 0 amide bonds. The summed E-state index contributed by atoms with van der Waals surface area (Å²) in [6, 6.07) is 0. The highest BCUT2D eigenvalue weighted by atomic mass is 15.3. The Morgan fingerprint density at radius 1 is 0.857 bits per heavy atom. The molecule has 0 spiro atoms. The van der Waals surface area contributed by atoms with Gasteiger partial charge in [0.05, 0.1) is 0 Å². The molecule has 0 bridgehead atoms. The van der Waals surface area contributed by atoms with Crippen LogP contribution in [0.15, 0.2) is 12.3 Å². The third-order valence-electron chi connectivity index (χ3n) is 4.55. The maximum absolute atomic E-state index is 4.42. The molecule has 1 aliphatic heterocycles. The molecule has 0 aromatic rings. The van der Waals surface area contributed by atoms with Crippen LogP contribution in [0.1, 0.15) is 75.7 Å². The smallest absolute Gasteiger partial charge is 0.0360 e. The summed E-state index contributed by atoms with van der Waals surface area (Å²) >= 11 is 0. The van der Waals surface area contributed by atoms with E-state index in [-0.39, 0.29) is 22.0 Å². The van der Waals surface area contributed by atoms with E-state index in [0.717, 1.165) is 19.5 Å². The van der Waals surface area contributed by atoms with Crippen molar-refractivity contribution >= 4 is 0 Å². The topological polar surface area (TPSA) is 6.48 Å². The van der Waals surface area contributed by atoms with Crippen molar-refractivity contribution in [2.24, 2.45) is 5.41 Å². The predicted octanol–water partition coefficient (Wildman–Crippen LogP) is 4.91. The Bertz CT molecular complexity index is 391. The zero-order valence-corrected chi connectivity index (χ0v) is 16.2. The summed E-state index contributed by atoms with van der Waals surface area (Å²) in [6.07, 6.45) is 1.06. The first-order valence-electron chi connectivity index (χ1n) is 8.29. The zero-order chi connectivity index (χ0) is 16.9. The van der Waals surface area contributed by atoms with Crippen LogP contribution < -0.4 is 0 Å². The van der Waals surface area contributed by atoms with Crippen molar-refractivity contribution in [1.29, 1.82) is 0 Å². The minimum Gasteiger partial charge on any atom is -0.369 e. The van der Waals surface area contributed by atoms with E-state index in [9.17, 15) is 0 Å². The zero-order valence-electron chi connectivity index (χ0n) is 16.2. The van der Waals surface area contributed by atoms with Crippen LogP contribution in [0.5, 0.6) is 0 Å². The van der Waals surface area contributed by atoms with Gasteiger partial charge in [0.2, 0.25) is 0 Å². The number of nitrogens with zero attached hydrogens (tertiary/aromatic N) is 2. The molecule has 0 aromatic carbocycles. The standard InChI is InChI=1S/C19H38N2/c1-15-12-18(8,9)13-21(17(5,6)7)19(10,11)14-20(15)16(2,3)4/h1,12-14H2,2-11H3. The van der Waals surface area contributed by atoms with Gasteiger partial charge in [-0.1, -0.05) is 20.4 Å². The number of rotatable bonds is 0. The number of allylic oxidation sites excluding steroid dienone is 1. The molecule has 1 fully saturated rings. The Kier molecular flexibility index (Phi) is 4.68. The second-order valence-electron chi connectivity index (χ2n) is 10.2.